The van der Waals surface area contributed by atoms with Crippen molar-refractivity contribution in [1.29, 1.82) is 0 Å². The minimum atomic E-state index is 0. The number of rotatable bonds is 4. The molecule has 0 aromatic heterocycles. The van der Waals surface area contributed by atoms with Crippen LogP contribution in [0.3, 0.4) is 0 Å². The Labute approximate surface area is 318 Å². The molecule has 0 heterocycles. The molecule has 3 heteroatoms. The Balaban J connectivity index is 0.000000286. The fourth-order valence-corrected chi connectivity index (χ4v) is 7.20. The minimum Gasteiger partial charge on any atom is -1.00 e. The fourth-order valence-electron chi connectivity index (χ4n) is 6.34. The summed E-state index contributed by atoms with van der Waals surface area (Å²) in [5, 5.41) is 5.55. The van der Waals surface area contributed by atoms with Gasteiger partial charge in [-0.1, -0.05) is 75.9 Å². The zero-order valence-electron chi connectivity index (χ0n) is 30.6. The van der Waals surface area contributed by atoms with Crippen molar-refractivity contribution in [2.45, 2.75) is 98.3 Å². The molecule has 252 valence electrons. The van der Waals surface area contributed by atoms with Crippen LogP contribution in [0.25, 0.3) is 21.5 Å². The second kappa shape index (κ2) is 17.5. The molecule has 0 saturated heterocycles. The molecule has 48 heavy (non-hydrogen) atoms. The van der Waals surface area contributed by atoms with Crippen LogP contribution in [0.15, 0.2) is 109 Å². The van der Waals surface area contributed by atoms with Crippen molar-refractivity contribution in [1.82, 2.24) is 0 Å². The Kier molecular flexibility index (Phi) is 15.2. The normalized spacial score (nSPS) is 12.4. The maximum atomic E-state index is 2.99. The van der Waals surface area contributed by atoms with Crippen LogP contribution < -0.4 is 24.8 Å². The average molecular weight is 755 g/mol. The van der Waals surface area contributed by atoms with Gasteiger partial charge in [-0.2, -0.15) is 6.08 Å². The van der Waals surface area contributed by atoms with Gasteiger partial charge in [0, 0.05) is 0 Å². The molecule has 5 aromatic rings. The van der Waals surface area contributed by atoms with Gasteiger partial charge in [-0.15, -0.1) is 46.2 Å². The molecule has 1 aliphatic carbocycles. The van der Waals surface area contributed by atoms with Gasteiger partial charge < -0.3 is 24.8 Å². The third-order valence-corrected chi connectivity index (χ3v) is 11.0. The Morgan fingerprint density at radius 2 is 1.15 bits per heavy atom. The van der Waals surface area contributed by atoms with Crippen LogP contribution in [0.4, 0.5) is 0 Å². The summed E-state index contributed by atoms with van der Waals surface area (Å²) in [5.74, 6) is 0. The molecule has 5 aromatic carbocycles. The van der Waals surface area contributed by atoms with Crippen LogP contribution >= 0.6 is 0 Å². The van der Waals surface area contributed by atoms with E-state index in [4.69, 9.17) is 0 Å². The number of allylic oxidation sites excluding steroid dienone is 4. The number of aryl methyl sites for hydroxylation is 2. The van der Waals surface area contributed by atoms with Crippen LogP contribution in [0.2, 0.25) is 0 Å². The zero-order chi connectivity index (χ0) is 33.7. The van der Waals surface area contributed by atoms with Gasteiger partial charge in [0.05, 0.1) is 0 Å². The van der Waals surface area contributed by atoms with E-state index in [2.05, 4.69) is 172 Å². The molecule has 0 saturated carbocycles. The van der Waals surface area contributed by atoms with Gasteiger partial charge in [0.25, 0.3) is 0 Å². The van der Waals surface area contributed by atoms with Crippen LogP contribution in [-0.2, 0) is 46.9 Å². The molecule has 0 spiro atoms. The molecular formula is C45H52Cl2Zr-2. The average Bonchev–Trinajstić information content (AvgIpc) is 3.68. The second-order valence-electron chi connectivity index (χ2n) is 15.3. The Hall–Kier alpha value is -2.44. The maximum Gasteiger partial charge on any atom is -0.0142 e. The quantitative estimate of drug-likeness (QED) is 0.193. The van der Waals surface area contributed by atoms with E-state index in [1.807, 2.05) is 12.2 Å². The molecule has 6 rings (SSSR count). The minimum absolute atomic E-state index is 0. The molecule has 1 aliphatic rings. The topological polar surface area (TPSA) is 0 Å². The van der Waals surface area contributed by atoms with E-state index >= 15 is 0 Å². The Bertz CT molecular complexity index is 1760. The van der Waals surface area contributed by atoms with E-state index in [9.17, 15) is 0 Å². The van der Waals surface area contributed by atoms with Crippen molar-refractivity contribution < 1.29 is 49.0 Å². The van der Waals surface area contributed by atoms with Crippen LogP contribution in [0, 0.1) is 19.9 Å². The first-order valence-corrected chi connectivity index (χ1v) is 17.9. The summed E-state index contributed by atoms with van der Waals surface area (Å²) in [6.45, 7) is 23.0. The summed E-state index contributed by atoms with van der Waals surface area (Å²) in [6, 6.07) is 33.5. The molecule has 0 N–H and O–H groups in total. The first-order chi connectivity index (χ1) is 21.6. The molecule has 0 radical (unpaired) electrons. The van der Waals surface area contributed by atoms with Gasteiger partial charge in [0.1, 0.15) is 0 Å². The molecule has 0 unspecified atom stereocenters. The number of hydrogen-bond donors (Lipinski definition) is 0. The van der Waals surface area contributed by atoms with Crippen LogP contribution in [0.1, 0.15) is 95.2 Å². The van der Waals surface area contributed by atoms with Crippen molar-refractivity contribution in [2.24, 2.45) is 0 Å². The summed E-state index contributed by atoms with van der Waals surface area (Å²) in [6.07, 6.45) is 11.1. The maximum absolute atomic E-state index is 2.99. The zero-order valence-corrected chi connectivity index (χ0v) is 34.5. The van der Waals surface area contributed by atoms with Gasteiger partial charge in [-0.25, -0.2) is 12.2 Å². The molecule has 0 aliphatic heterocycles. The van der Waals surface area contributed by atoms with Crippen molar-refractivity contribution >= 4 is 24.8 Å². The third kappa shape index (κ3) is 10.5. The van der Waals surface area contributed by atoms with E-state index in [-0.39, 0.29) is 41.1 Å². The van der Waals surface area contributed by atoms with Crippen LogP contribution in [0.5, 0.6) is 0 Å². The van der Waals surface area contributed by atoms with Crippen molar-refractivity contribution in [2.75, 3.05) is 0 Å². The van der Waals surface area contributed by atoms with Crippen molar-refractivity contribution in [3.05, 3.63) is 149 Å². The van der Waals surface area contributed by atoms with E-state index in [1.165, 1.54) is 79.2 Å². The summed E-state index contributed by atoms with van der Waals surface area (Å²) in [7, 11) is 0. The SMILES string of the molecule is CC(C)([C](=[Zr+2])Cc1ccccc1)c1ccccc1.Cc1cc2[cH-]c3cc(C)c(C(C)(C)C)cc3c2cc1C(C)(C)C.[C-]1=CC=CC1.[Cl-].[Cl-]. The number of fused-ring (bicyclic) bond motifs is 3. The molecule has 0 nitrogen and oxygen atoms in total. The van der Waals surface area contributed by atoms with E-state index in [0.29, 0.717) is 0 Å². The Morgan fingerprint density at radius 1 is 0.688 bits per heavy atom. The summed E-state index contributed by atoms with van der Waals surface area (Å²) in [5.41, 5.74) is 9.04. The monoisotopic (exact) mass is 752 g/mol. The summed E-state index contributed by atoms with van der Waals surface area (Å²) < 4.78 is 1.59. The van der Waals surface area contributed by atoms with E-state index in [1.54, 1.807) is 3.21 Å². The van der Waals surface area contributed by atoms with Gasteiger partial charge in [-0.05, 0) is 24.7 Å². The first-order valence-electron chi connectivity index (χ1n) is 16.6. The largest absolute Gasteiger partial charge is 1.00 e. The second-order valence-corrected chi connectivity index (χ2v) is 16.8. The van der Waals surface area contributed by atoms with Gasteiger partial charge in [0.2, 0.25) is 0 Å². The summed E-state index contributed by atoms with van der Waals surface area (Å²) >= 11 is 1.53. The van der Waals surface area contributed by atoms with Gasteiger partial charge in [0.15, 0.2) is 0 Å². The first kappa shape index (κ1) is 41.7. The van der Waals surface area contributed by atoms with Crippen LogP contribution in [-0.4, -0.2) is 3.21 Å². The number of hydrogen-bond acceptors (Lipinski definition) is 0. The molecule has 0 fully saturated rings. The molecule has 0 atom stereocenters. The standard InChI is InChI=1S/C23H29.C17H18.C5H5.2ClH.Zr/c1-14-9-16-11-17-10-15(2)21(23(6,7)8)13-19(17)18(16)12-20(14)22(3,4)5;1-17(2,16-11-7-4-8-12-16)14-13-15-9-5-3-6-10-15;1-2-4-5-3-1;;;/h9-13H,1-8H3;3-12H,13H2,1-2H3;1-3H,4H2;2*1H;/q-1;;-1;;;+2/p-2. The van der Waals surface area contributed by atoms with E-state index in [0.717, 1.165) is 12.8 Å². The third-order valence-electron chi connectivity index (χ3n) is 9.07. The van der Waals surface area contributed by atoms with Crippen molar-refractivity contribution in [3.8, 4) is 0 Å². The summed E-state index contributed by atoms with van der Waals surface area (Å²) in [4.78, 5) is 0. The van der Waals surface area contributed by atoms with Gasteiger partial charge >= 0.3 is 125 Å². The fraction of sp³-hybridized carbons (Fsp3) is 0.333. The molecule has 0 bridgehead atoms. The van der Waals surface area contributed by atoms with E-state index < -0.39 is 0 Å². The van der Waals surface area contributed by atoms with Gasteiger partial charge in [-0.3, -0.25) is 6.08 Å². The molecule has 0 amide bonds. The number of halogens is 2. The smallest absolute Gasteiger partial charge is 0.0142 e. The predicted octanol–water partition coefficient (Wildman–Crippen LogP) is 6.16. The number of benzene rings is 4. The van der Waals surface area contributed by atoms with Crippen molar-refractivity contribution in [3.63, 3.8) is 0 Å². The Morgan fingerprint density at radius 3 is 1.52 bits per heavy atom. The predicted molar refractivity (Wildman–Crippen MR) is 200 cm³/mol. The molecular weight excluding hydrogens is 703 g/mol.